The fourth-order valence-corrected chi connectivity index (χ4v) is 2.17. The van der Waals surface area contributed by atoms with Crippen molar-refractivity contribution in [2.75, 3.05) is 18.8 Å². The van der Waals surface area contributed by atoms with E-state index in [4.69, 9.17) is 28.9 Å². The number of anilines is 1. The van der Waals surface area contributed by atoms with Gasteiger partial charge in [-0.3, -0.25) is 4.79 Å². The fourth-order valence-electron chi connectivity index (χ4n) is 1.84. The highest BCUT2D eigenvalue weighted by Gasteiger charge is 2.39. The van der Waals surface area contributed by atoms with Gasteiger partial charge in [-0.25, -0.2) is 0 Å². The van der Waals surface area contributed by atoms with Gasteiger partial charge < -0.3 is 15.7 Å². The first-order valence-electron chi connectivity index (χ1n) is 5.06. The van der Waals surface area contributed by atoms with Crippen molar-refractivity contribution >= 4 is 34.8 Å². The first kappa shape index (κ1) is 12.5. The summed E-state index contributed by atoms with van der Waals surface area (Å²) in [6, 6.07) is 2.97. The molecule has 1 aromatic rings. The number of hydrogen-bond acceptors (Lipinski definition) is 3. The van der Waals surface area contributed by atoms with E-state index >= 15 is 0 Å². The van der Waals surface area contributed by atoms with Gasteiger partial charge in [0.05, 0.1) is 34.4 Å². The van der Waals surface area contributed by atoms with Crippen LogP contribution in [0.4, 0.5) is 5.69 Å². The summed E-state index contributed by atoms with van der Waals surface area (Å²) < 4.78 is 0. The zero-order valence-electron chi connectivity index (χ0n) is 9.20. The normalized spacial score (nSPS) is 17.8. The van der Waals surface area contributed by atoms with Crippen LogP contribution in [0.3, 0.4) is 0 Å². The highest BCUT2D eigenvalue weighted by atomic mass is 35.5. The molecule has 1 aliphatic heterocycles. The lowest BCUT2D eigenvalue weighted by molar-refractivity contribution is -0.0668. The first-order valence-corrected chi connectivity index (χ1v) is 5.82. The summed E-state index contributed by atoms with van der Waals surface area (Å²) in [5.41, 5.74) is 5.50. The van der Waals surface area contributed by atoms with Crippen LogP contribution in [0.15, 0.2) is 12.1 Å². The number of halogens is 2. The molecule has 1 aromatic carbocycles. The molecular weight excluding hydrogens is 263 g/mol. The van der Waals surface area contributed by atoms with E-state index < -0.39 is 5.60 Å². The van der Waals surface area contributed by atoms with Crippen LogP contribution >= 0.6 is 23.2 Å². The van der Waals surface area contributed by atoms with Crippen molar-refractivity contribution in [3.63, 3.8) is 0 Å². The van der Waals surface area contributed by atoms with Crippen molar-refractivity contribution in [3.05, 3.63) is 27.7 Å². The Morgan fingerprint density at radius 2 is 2.06 bits per heavy atom. The highest BCUT2D eigenvalue weighted by Crippen LogP contribution is 2.31. The first-order chi connectivity index (χ1) is 7.80. The maximum atomic E-state index is 12.0. The average Bonchev–Trinajstić information content (AvgIpc) is 2.20. The third-order valence-corrected chi connectivity index (χ3v) is 3.47. The topological polar surface area (TPSA) is 66.6 Å². The molecule has 4 nitrogen and oxygen atoms in total. The van der Waals surface area contributed by atoms with Crippen LogP contribution < -0.4 is 5.73 Å². The van der Waals surface area contributed by atoms with E-state index in [1.165, 1.54) is 17.0 Å². The third-order valence-electron chi connectivity index (χ3n) is 2.65. The molecule has 0 unspecified atom stereocenters. The molecule has 1 amide bonds. The van der Waals surface area contributed by atoms with Crippen molar-refractivity contribution < 1.29 is 9.90 Å². The second-order valence-corrected chi connectivity index (χ2v) is 5.30. The van der Waals surface area contributed by atoms with Gasteiger partial charge in [0, 0.05) is 5.56 Å². The van der Waals surface area contributed by atoms with Crippen molar-refractivity contribution in [1.29, 1.82) is 0 Å². The molecule has 92 valence electrons. The van der Waals surface area contributed by atoms with Gasteiger partial charge in [-0.15, -0.1) is 0 Å². The van der Waals surface area contributed by atoms with Crippen LogP contribution in [-0.2, 0) is 0 Å². The van der Waals surface area contributed by atoms with E-state index in [9.17, 15) is 9.90 Å². The molecular formula is C11H12Cl2N2O2. The van der Waals surface area contributed by atoms with Gasteiger partial charge in [0.15, 0.2) is 0 Å². The summed E-state index contributed by atoms with van der Waals surface area (Å²) in [5, 5.41) is 10.1. The Morgan fingerprint density at radius 1 is 1.47 bits per heavy atom. The number of benzene rings is 1. The molecule has 1 aliphatic rings. The fraction of sp³-hybridized carbons (Fsp3) is 0.364. The van der Waals surface area contributed by atoms with E-state index in [0.29, 0.717) is 18.7 Å². The van der Waals surface area contributed by atoms with Crippen molar-refractivity contribution in [2.24, 2.45) is 0 Å². The van der Waals surface area contributed by atoms with E-state index in [-0.39, 0.29) is 21.6 Å². The number of nitrogen functional groups attached to an aromatic ring is 1. The predicted molar refractivity (Wildman–Crippen MR) is 67.4 cm³/mol. The molecule has 2 rings (SSSR count). The summed E-state index contributed by atoms with van der Waals surface area (Å²) in [5.74, 6) is -0.207. The SMILES string of the molecule is CC1(O)CN(C(=O)c2cc(N)c(Cl)c(Cl)c2)C1. The maximum Gasteiger partial charge on any atom is 0.254 e. The van der Waals surface area contributed by atoms with Gasteiger partial charge in [-0.1, -0.05) is 23.2 Å². The van der Waals surface area contributed by atoms with E-state index in [1.807, 2.05) is 0 Å². The smallest absolute Gasteiger partial charge is 0.254 e. The average molecular weight is 275 g/mol. The van der Waals surface area contributed by atoms with Crippen LogP contribution in [0.2, 0.25) is 10.0 Å². The van der Waals surface area contributed by atoms with E-state index in [0.717, 1.165) is 0 Å². The summed E-state index contributed by atoms with van der Waals surface area (Å²) in [6.45, 7) is 2.30. The summed E-state index contributed by atoms with van der Waals surface area (Å²) in [7, 11) is 0. The zero-order valence-corrected chi connectivity index (χ0v) is 10.7. The molecule has 0 aromatic heterocycles. The number of β-amino-alcohol motifs (C(OH)–C–C–N with tert-alkyl or cyclic N) is 1. The number of rotatable bonds is 1. The molecule has 0 spiro atoms. The van der Waals surface area contributed by atoms with Crippen molar-refractivity contribution in [3.8, 4) is 0 Å². The number of likely N-dealkylation sites (tertiary alicyclic amines) is 1. The van der Waals surface area contributed by atoms with Crippen LogP contribution in [-0.4, -0.2) is 34.6 Å². The maximum absolute atomic E-state index is 12.0. The Balaban J connectivity index is 2.21. The third kappa shape index (κ3) is 2.34. The van der Waals surface area contributed by atoms with E-state index in [1.54, 1.807) is 6.92 Å². The lowest BCUT2D eigenvalue weighted by Gasteiger charge is -2.44. The summed E-state index contributed by atoms with van der Waals surface area (Å²) in [4.78, 5) is 13.5. The Bertz CT molecular complexity index is 457. The van der Waals surface area contributed by atoms with Gasteiger partial charge in [0.1, 0.15) is 0 Å². The van der Waals surface area contributed by atoms with Crippen molar-refractivity contribution in [2.45, 2.75) is 12.5 Å². The summed E-state index contributed by atoms with van der Waals surface area (Å²) >= 11 is 11.7. The molecule has 1 heterocycles. The Morgan fingerprint density at radius 3 is 2.53 bits per heavy atom. The minimum atomic E-state index is -0.794. The van der Waals surface area contributed by atoms with Crippen LogP contribution in [0.1, 0.15) is 17.3 Å². The summed E-state index contributed by atoms with van der Waals surface area (Å²) in [6.07, 6.45) is 0. The zero-order chi connectivity index (χ0) is 12.8. The molecule has 3 N–H and O–H groups in total. The Hall–Kier alpha value is -0.970. The second kappa shape index (κ2) is 4.05. The second-order valence-electron chi connectivity index (χ2n) is 4.52. The largest absolute Gasteiger partial charge is 0.397 e. The standard InChI is InChI=1S/C11H12Cl2N2O2/c1-11(17)4-15(5-11)10(16)6-2-7(12)9(13)8(14)3-6/h2-3,17H,4-5,14H2,1H3. The molecule has 1 fully saturated rings. The Labute approximate surface area is 109 Å². The highest BCUT2D eigenvalue weighted by molar-refractivity contribution is 6.43. The van der Waals surface area contributed by atoms with Crippen LogP contribution in [0.25, 0.3) is 0 Å². The lowest BCUT2D eigenvalue weighted by Crippen LogP contribution is -2.61. The Kier molecular flexibility index (Phi) is 2.97. The van der Waals surface area contributed by atoms with Gasteiger partial charge in [0.25, 0.3) is 5.91 Å². The number of hydrogen-bond donors (Lipinski definition) is 2. The predicted octanol–water partition coefficient (Wildman–Crippen LogP) is 1.78. The molecule has 0 bridgehead atoms. The van der Waals surface area contributed by atoms with Gasteiger partial charge in [0.2, 0.25) is 0 Å². The number of amides is 1. The molecule has 0 saturated carbocycles. The number of nitrogens with two attached hydrogens (primary N) is 1. The quantitative estimate of drug-likeness (QED) is 0.768. The number of aliphatic hydroxyl groups is 1. The minimum Gasteiger partial charge on any atom is -0.397 e. The van der Waals surface area contributed by atoms with Gasteiger partial charge in [-0.2, -0.15) is 0 Å². The number of carbonyl (C=O) groups excluding carboxylic acids is 1. The molecule has 0 aliphatic carbocycles. The van der Waals surface area contributed by atoms with Crippen LogP contribution in [0, 0.1) is 0 Å². The molecule has 6 heteroatoms. The minimum absolute atomic E-state index is 0.207. The molecule has 1 saturated heterocycles. The van der Waals surface area contributed by atoms with Crippen LogP contribution in [0.5, 0.6) is 0 Å². The number of carbonyl (C=O) groups is 1. The monoisotopic (exact) mass is 274 g/mol. The molecule has 17 heavy (non-hydrogen) atoms. The number of nitrogens with zero attached hydrogens (tertiary/aromatic N) is 1. The lowest BCUT2D eigenvalue weighted by atomic mass is 9.96. The van der Waals surface area contributed by atoms with Gasteiger partial charge in [-0.05, 0) is 19.1 Å². The van der Waals surface area contributed by atoms with E-state index in [2.05, 4.69) is 0 Å². The molecule has 0 radical (unpaired) electrons. The molecule has 0 atom stereocenters. The van der Waals surface area contributed by atoms with Crippen molar-refractivity contribution in [1.82, 2.24) is 4.90 Å². The van der Waals surface area contributed by atoms with Gasteiger partial charge >= 0.3 is 0 Å².